The van der Waals surface area contributed by atoms with Gasteiger partial charge in [0.25, 0.3) is 0 Å². The van der Waals surface area contributed by atoms with Crippen molar-refractivity contribution in [2.75, 3.05) is 20.2 Å². The van der Waals surface area contributed by atoms with Crippen LogP contribution in [-0.4, -0.2) is 25.3 Å². The zero-order chi connectivity index (χ0) is 8.24. The number of rotatable bonds is 4. The van der Waals surface area contributed by atoms with Crippen LogP contribution in [0.1, 0.15) is 12.8 Å². The summed E-state index contributed by atoms with van der Waals surface area (Å²) in [4.78, 5) is 0. The third-order valence-electron chi connectivity index (χ3n) is 0.835. The number of hydrogen-bond acceptors (Lipinski definition) is 3. The van der Waals surface area contributed by atoms with Crippen molar-refractivity contribution in [3.05, 3.63) is 0 Å². The monoisotopic (exact) mass is 151 g/mol. The number of aliphatic hydroxyl groups is 1. The van der Waals surface area contributed by atoms with Crippen LogP contribution in [-0.2, 0) is 0 Å². The molecule has 0 radical (unpaired) electrons. The second-order valence-electron chi connectivity index (χ2n) is 1.53. The van der Waals surface area contributed by atoms with Gasteiger partial charge in [-0.15, -0.1) is 0 Å². The van der Waals surface area contributed by atoms with E-state index in [1.165, 1.54) is 0 Å². The highest BCUT2D eigenvalue weighted by Crippen LogP contribution is 1.81. The van der Waals surface area contributed by atoms with E-state index in [9.17, 15) is 0 Å². The summed E-state index contributed by atoms with van der Waals surface area (Å²) in [5.74, 6) is 0. The van der Waals surface area contributed by atoms with Gasteiger partial charge in [-0.2, -0.15) is 0 Å². The molecule has 0 aromatic rings. The Hall–Kier alpha value is 0.0200. The van der Waals surface area contributed by atoms with Gasteiger partial charge in [0.15, 0.2) is 1.41 Å². The maximum Gasteiger partial charge on any atom is 0.192 e. The predicted molar refractivity (Wildman–Crippen MR) is 41.3 cm³/mol. The molecule has 9 heavy (non-hydrogen) atoms. The fourth-order valence-electron chi connectivity index (χ4n) is 0.414. The van der Waals surface area contributed by atoms with E-state index in [1.807, 2.05) is 7.05 Å². The predicted octanol–water partition coefficient (Wildman–Crippen LogP) is 0.870. The van der Waals surface area contributed by atoms with Gasteiger partial charge in [-0.3, -0.25) is 5.15 Å². The molecule has 0 amide bonds. The highest BCUT2D eigenvalue weighted by atomic mass is 31.0. The molecule has 0 aliphatic carbocycles. The Bertz CT molecular complexity index is 61.6. The molecule has 56 valence electrons. The Morgan fingerprint density at radius 3 is 2.67 bits per heavy atom. The first-order chi connectivity index (χ1) is 4.83. The number of hydrogen-bond donors (Lipinski definition) is 3. The van der Waals surface area contributed by atoms with Gasteiger partial charge in [-0.25, -0.2) is 0 Å². The molecule has 0 bridgehead atoms. The minimum absolute atomic E-state index is 0.321. The molecule has 0 fully saturated rings. The van der Waals surface area contributed by atoms with Crippen molar-refractivity contribution in [1.29, 1.82) is 5.15 Å². The van der Waals surface area contributed by atoms with E-state index in [2.05, 4.69) is 19.5 Å². The Morgan fingerprint density at radius 1 is 1.78 bits per heavy atom. The van der Waals surface area contributed by atoms with Crippen LogP contribution < -0.4 is 5.32 Å². The first-order valence-electron chi connectivity index (χ1n) is 3.34. The molecule has 0 saturated carbocycles. The van der Waals surface area contributed by atoms with E-state index >= 15 is 0 Å². The van der Waals surface area contributed by atoms with Gasteiger partial charge in [-0.05, 0) is 35.5 Å². The van der Waals surface area contributed by atoms with E-state index < -0.39 is 0 Å². The molecule has 0 unspecified atom stereocenters. The summed E-state index contributed by atoms with van der Waals surface area (Å²) in [6.07, 6.45) is 1.99. The maximum absolute atomic E-state index is 8.27. The minimum atomic E-state index is 0.321. The van der Waals surface area contributed by atoms with Gasteiger partial charge in [0.2, 0.25) is 0 Å². The van der Waals surface area contributed by atoms with Crippen molar-refractivity contribution in [2.45, 2.75) is 12.8 Å². The summed E-state index contributed by atoms with van der Waals surface area (Å²) in [6.45, 7) is 1.34. The van der Waals surface area contributed by atoms with Gasteiger partial charge in [0, 0.05) is 6.61 Å². The fraction of sp³-hybridized carbons (Fsp3) is 1.00. The average molecular weight is 151 g/mol. The van der Waals surface area contributed by atoms with Crippen LogP contribution in [0.25, 0.3) is 0 Å². The van der Waals surface area contributed by atoms with Crippen LogP contribution in [0.15, 0.2) is 0 Å². The molecular formula is C5H15N2OP. The quantitative estimate of drug-likeness (QED) is 0.412. The van der Waals surface area contributed by atoms with Crippen molar-refractivity contribution < 1.29 is 6.52 Å². The van der Waals surface area contributed by atoms with Crippen molar-refractivity contribution in [1.82, 2.24) is 5.32 Å². The van der Waals surface area contributed by atoms with E-state index in [-0.39, 0.29) is 0 Å². The summed E-state index contributed by atoms with van der Waals surface area (Å²) < 4.78 is 5.75. The van der Waals surface area contributed by atoms with E-state index in [4.69, 9.17) is 6.52 Å². The zero-order valence-corrected chi connectivity index (χ0v) is 6.72. The molecule has 0 aromatic carbocycles. The van der Waals surface area contributed by atoms with Crippen molar-refractivity contribution in [2.24, 2.45) is 0 Å². The molecule has 0 aromatic heterocycles. The lowest BCUT2D eigenvalue weighted by atomic mass is 10.3. The second-order valence-corrected chi connectivity index (χ2v) is 1.53. The molecule has 0 aliphatic heterocycles. The molecule has 0 saturated heterocycles. The van der Waals surface area contributed by atoms with Crippen LogP contribution in [0.2, 0.25) is 1.41 Å². The van der Waals surface area contributed by atoms with Gasteiger partial charge >= 0.3 is 0 Å². The fourth-order valence-corrected chi connectivity index (χ4v) is 0.414. The third-order valence-corrected chi connectivity index (χ3v) is 0.835. The lowest BCUT2D eigenvalue weighted by Crippen LogP contribution is -2.07. The van der Waals surface area contributed by atoms with E-state index in [1.54, 1.807) is 0 Å². The molecule has 4 heteroatoms. The summed E-state index contributed by atoms with van der Waals surface area (Å²) in [7, 11) is 4.39. The average Bonchev–Trinajstić information content (AvgIpc) is 1.91. The normalized spacial score (nSPS) is 8.89. The smallest absolute Gasteiger partial charge is 0.192 e. The van der Waals surface area contributed by atoms with Crippen molar-refractivity contribution in [3.8, 4) is 0 Å². The number of unbranched alkanes of at least 4 members (excludes halogenated alkanes) is 1. The molecule has 3 nitrogen and oxygen atoms in total. The summed E-state index contributed by atoms with van der Waals surface area (Å²) in [6, 6.07) is 0. The molecule has 0 atom stereocenters. The Morgan fingerprint density at radius 2 is 2.33 bits per heavy atom. The first-order valence-corrected chi connectivity index (χ1v) is 3.34. The van der Waals surface area contributed by atoms with Crippen LogP contribution in [0, 0.1) is 5.15 Å². The Kier molecular flexibility index (Phi) is 15.7. The Balaban J connectivity index is 0. The SMILES string of the molecule is CNCCCCO.[2H]N=P. The summed E-state index contributed by atoms with van der Waals surface area (Å²) in [5, 5.41) is 13.8. The van der Waals surface area contributed by atoms with Crippen molar-refractivity contribution in [3.63, 3.8) is 0 Å². The molecule has 3 N–H and O–H groups in total. The van der Waals surface area contributed by atoms with E-state index in [0.29, 0.717) is 6.61 Å². The van der Waals surface area contributed by atoms with Crippen molar-refractivity contribution >= 4 is 9.03 Å². The first kappa shape index (κ1) is 9.02. The third kappa shape index (κ3) is 18.0. The van der Waals surface area contributed by atoms with Gasteiger partial charge in [0.05, 0.1) is 0 Å². The van der Waals surface area contributed by atoms with Crippen LogP contribution in [0.5, 0.6) is 0 Å². The second kappa shape index (κ2) is 15.7. The van der Waals surface area contributed by atoms with Crippen LogP contribution in [0.4, 0.5) is 0 Å². The topological polar surface area (TPSA) is 56.1 Å². The zero-order valence-electron chi connectivity index (χ0n) is 6.72. The maximum atomic E-state index is 8.27. The Labute approximate surface area is 60.0 Å². The largest absolute Gasteiger partial charge is 0.396 e. The summed E-state index contributed by atoms with van der Waals surface area (Å²) >= 11 is 0. The molecule has 0 aliphatic rings. The number of aliphatic hydroxyl groups excluding tert-OH is 1. The van der Waals surface area contributed by atoms with Crippen LogP contribution in [0.3, 0.4) is 0 Å². The molecule has 0 rings (SSSR count). The van der Waals surface area contributed by atoms with Gasteiger partial charge in [-0.1, -0.05) is 0 Å². The van der Waals surface area contributed by atoms with E-state index in [0.717, 1.165) is 19.4 Å². The minimum Gasteiger partial charge on any atom is -0.396 e. The van der Waals surface area contributed by atoms with Gasteiger partial charge in [0.1, 0.15) is 0 Å². The van der Waals surface area contributed by atoms with Gasteiger partial charge < -0.3 is 10.4 Å². The lowest BCUT2D eigenvalue weighted by Gasteiger charge is -1.92. The van der Waals surface area contributed by atoms with Crippen LogP contribution >= 0.6 is 9.03 Å². The molecule has 0 spiro atoms. The molecular weight excluding hydrogens is 135 g/mol. The highest BCUT2D eigenvalue weighted by molar-refractivity contribution is 7.02. The standard InChI is InChI=1S/C5H13NO.H2NP/c1-6-4-2-3-5-7;1-2/h6-7H,2-5H2,1H3;1-2H/i/hD. The summed E-state index contributed by atoms with van der Waals surface area (Å²) in [5.41, 5.74) is 0. The highest BCUT2D eigenvalue weighted by Gasteiger charge is 1.79. The lowest BCUT2D eigenvalue weighted by molar-refractivity contribution is 0.284. The molecule has 0 heterocycles. The number of nitrogens with one attached hydrogen (secondary N) is 2.